The maximum Gasteiger partial charge on any atom is 0.151 e. The minimum atomic E-state index is -0.260. The quantitative estimate of drug-likeness (QED) is 0.720. The van der Waals surface area contributed by atoms with Crippen LogP contribution in [-0.4, -0.2) is 9.55 Å². The normalized spacial score (nSPS) is 27.1. The van der Waals surface area contributed by atoms with Gasteiger partial charge in [0.1, 0.15) is 11.3 Å². The average Bonchev–Trinajstić information content (AvgIpc) is 2.77. The van der Waals surface area contributed by atoms with Gasteiger partial charge in [-0.15, -0.1) is 11.6 Å². The van der Waals surface area contributed by atoms with Crippen molar-refractivity contribution in [2.24, 2.45) is 11.8 Å². The second-order valence-corrected chi connectivity index (χ2v) is 6.48. The Morgan fingerprint density at radius 1 is 1.25 bits per heavy atom. The Labute approximate surface area is 123 Å². The predicted molar refractivity (Wildman–Crippen MR) is 80.5 cm³/mol. The van der Waals surface area contributed by atoms with E-state index < -0.39 is 0 Å². The molecule has 1 heterocycles. The van der Waals surface area contributed by atoms with E-state index in [4.69, 9.17) is 11.6 Å². The van der Waals surface area contributed by atoms with Crippen LogP contribution in [0.15, 0.2) is 18.2 Å². The standard InChI is InChI=1S/C16H20ClFN2/c1-10-6-11(2)8-12(7-10)20-14-5-3-4-13(18)16(14)19-15(20)9-17/h3-5,10-12H,6-9H2,1-2H3. The van der Waals surface area contributed by atoms with E-state index in [-0.39, 0.29) is 5.82 Å². The van der Waals surface area contributed by atoms with Crippen molar-refractivity contribution in [3.05, 3.63) is 29.8 Å². The van der Waals surface area contributed by atoms with Crippen molar-refractivity contribution < 1.29 is 4.39 Å². The SMILES string of the molecule is CC1CC(C)CC(n2c(CCl)nc3c(F)cccc32)C1. The summed E-state index contributed by atoms with van der Waals surface area (Å²) < 4.78 is 16.1. The van der Waals surface area contributed by atoms with Gasteiger partial charge < -0.3 is 4.57 Å². The van der Waals surface area contributed by atoms with Crippen LogP contribution >= 0.6 is 11.6 Å². The van der Waals surface area contributed by atoms with Crippen LogP contribution in [0.4, 0.5) is 4.39 Å². The van der Waals surface area contributed by atoms with Crippen LogP contribution in [0.3, 0.4) is 0 Å². The lowest BCUT2D eigenvalue weighted by Crippen LogP contribution is -2.23. The Balaban J connectivity index is 2.12. The number of halogens is 2. The van der Waals surface area contributed by atoms with Gasteiger partial charge in [0.15, 0.2) is 5.82 Å². The van der Waals surface area contributed by atoms with Crippen LogP contribution in [-0.2, 0) is 5.88 Å². The highest BCUT2D eigenvalue weighted by molar-refractivity contribution is 6.16. The number of nitrogens with zero attached hydrogens (tertiary/aromatic N) is 2. The molecule has 2 aromatic rings. The van der Waals surface area contributed by atoms with Crippen molar-refractivity contribution in [2.75, 3.05) is 0 Å². The molecule has 4 heteroatoms. The fourth-order valence-corrected chi connectivity index (χ4v) is 3.94. The topological polar surface area (TPSA) is 17.8 Å². The average molecular weight is 295 g/mol. The molecule has 2 nitrogen and oxygen atoms in total. The van der Waals surface area contributed by atoms with Crippen LogP contribution in [0.25, 0.3) is 11.0 Å². The third-order valence-corrected chi connectivity index (χ3v) is 4.62. The largest absolute Gasteiger partial charge is 0.324 e. The van der Waals surface area contributed by atoms with Crippen LogP contribution in [0.2, 0.25) is 0 Å². The first-order valence-corrected chi connectivity index (χ1v) is 7.85. The summed E-state index contributed by atoms with van der Waals surface area (Å²) in [6.07, 6.45) is 3.51. The monoisotopic (exact) mass is 294 g/mol. The van der Waals surface area contributed by atoms with Gasteiger partial charge in [-0.2, -0.15) is 0 Å². The van der Waals surface area contributed by atoms with E-state index in [1.54, 1.807) is 6.07 Å². The van der Waals surface area contributed by atoms with Gasteiger partial charge in [-0.25, -0.2) is 9.37 Å². The van der Waals surface area contributed by atoms with E-state index in [0.717, 1.165) is 24.2 Å². The number of benzene rings is 1. The second kappa shape index (κ2) is 5.36. The van der Waals surface area contributed by atoms with Gasteiger partial charge in [-0.3, -0.25) is 0 Å². The van der Waals surface area contributed by atoms with Gasteiger partial charge in [0.05, 0.1) is 11.4 Å². The van der Waals surface area contributed by atoms with Gasteiger partial charge in [0.25, 0.3) is 0 Å². The Hall–Kier alpha value is -1.09. The lowest BCUT2D eigenvalue weighted by molar-refractivity contribution is 0.222. The molecular formula is C16H20ClFN2. The first-order valence-electron chi connectivity index (χ1n) is 7.31. The van der Waals surface area contributed by atoms with Crippen molar-refractivity contribution in [1.29, 1.82) is 0 Å². The Bertz CT molecular complexity index is 612. The summed E-state index contributed by atoms with van der Waals surface area (Å²) in [7, 11) is 0. The summed E-state index contributed by atoms with van der Waals surface area (Å²) in [4.78, 5) is 4.41. The first-order chi connectivity index (χ1) is 9.60. The molecule has 0 aliphatic heterocycles. The van der Waals surface area contributed by atoms with Gasteiger partial charge >= 0.3 is 0 Å². The van der Waals surface area contributed by atoms with E-state index in [1.165, 1.54) is 12.5 Å². The van der Waals surface area contributed by atoms with Crippen LogP contribution in [0.1, 0.15) is 45.0 Å². The zero-order valence-electron chi connectivity index (χ0n) is 11.9. The molecule has 0 saturated heterocycles. The number of hydrogen-bond donors (Lipinski definition) is 0. The number of rotatable bonds is 2. The second-order valence-electron chi connectivity index (χ2n) is 6.21. The molecule has 2 unspecified atom stereocenters. The fraction of sp³-hybridized carbons (Fsp3) is 0.562. The molecule has 0 radical (unpaired) electrons. The molecule has 108 valence electrons. The summed E-state index contributed by atoms with van der Waals surface area (Å²) in [5.41, 5.74) is 1.33. The molecule has 0 spiro atoms. The third-order valence-electron chi connectivity index (χ3n) is 4.38. The molecular weight excluding hydrogens is 275 g/mol. The summed E-state index contributed by atoms with van der Waals surface area (Å²) in [5, 5.41) is 0. The minimum Gasteiger partial charge on any atom is -0.324 e. The van der Waals surface area contributed by atoms with Crippen molar-refractivity contribution in [1.82, 2.24) is 9.55 Å². The summed E-state index contributed by atoms with van der Waals surface area (Å²) in [5.74, 6) is 2.24. The molecule has 1 aromatic carbocycles. The molecule has 2 atom stereocenters. The lowest BCUT2D eigenvalue weighted by Gasteiger charge is -2.33. The van der Waals surface area contributed by atoms with E-state index in [0.29, 0.717) is 29.3 Å². The summed E-state index contributed by atoms with van der Waals surface area (Å²) in [6, 6.07) is 5.55. The number of fused-ring (bicyclic) bond motifs is 1. The molecule has 20 heavy (non-hydrogen) atoms. The smallest absolute Gasteiger partial charge is 0.151 e. The fourth-order valence-electron chi connectivity index (χ4n) is 3.75. The van der Waals surface area contributed by atoms with E-state index in [1.807, 2.05) is 6.07 Å². The molecule has 1 aliphatic carbocycles. The highest BCUT2D eigenvalue weighted by Crippen LogP contribution is 2.38. The summed E-state index contributed by atoms with van der Waals surface area (Å²) in [6.45, 7) is 4.59. The van der Waals surface area contributed by atoms with Crippen molar-refractivity contribution in [2.45, 2.75) is 45.0 Å². The van der Waals surface area contributed by atoms with E-state index in [9.17, 15) is 4.39 Å². The molecule has 0 amide bonds. The lowest BCUT2D eigenvalue weighted by atomic mass is 9.80. The Kier molecular flexibility index (Phi) is 3.72. The molecule has 1 aromatic heterocycles. The molecule has 0 N–H and O–H groups in total. The number of alkyl halides is 1. The first kappa shape index (κ1) is 13.9. The third kappa shape index (κ3) is 2.32. The molecule has 1 saturated carbocycles. The van der Waals surface area contributed by atoms with Gasteiger partial charge in [-0.05, 0) is 43.2 Å². The molecule has 3 rings (SSSR count). The van der Waals surface area contributed by atoms with Crippen molar-refractivity contribution in [3.8, 4) is 0 Å². The Morgan fingerprint density at radius 3 is 2.60 bits per heavy atom. The zero-order valence-corrected chi connectivity index (χ0v) is 12.7. The van der Waals surface area contributed by atoms with Crippen molar-refractivity contribution >= 4 is 22.6 Å². The van der Waals surface area contributed by atoms with E-state index >= 15 is 0 Å². The highest BCUT2D eigenvalue weighted by Gasteiger charge is 2.28. The maximum atomic E-state index is 13.9. The number of aromatic nitrogens is 2. The van der Waals surface area contributed by atoms with E-state index in [2.05, 4.69) is 23.4 Å². The number of para-hydroxylation sites is 1. The van der Waals surface area contributed by atoms with Crippen LogP contribution in [0, 0.1) is 17.7 Å². The molecule has 1 fully saturated rings. The van der Waals surface area contributed by atoms with Gasteiger partial charge in [0.2, 0.25) is 0 Å². The van der Waals surface area contributed by atoms with Crippen LogP contribution in [0.5, 0.6) is 0 Å². The number of imidazole rings is 1. The molecule has 0 bridgehead atoms. The predicted octanol–water partition coefficient (Wildman–Crippen LogP) is 4.91. The molecule has 1 aliphatic rings. The van der Waals surface area contributed by atoms with Gasteiger partial charge in [0, 0.05) is 6.04 Å². The summed E-state index contributed by atoms with van der Waals surface area (Å²) >= 11 is 6.04. The van der Waals surface area contributed by atoms with Gasteiger partial charge in [-0.1, -0.05) is 19.9 Å². The number of hydrogen-bond acceptors (Lipinski definition) is 1. The van der Waals surface area contributed by atoms with Crippen LogP contribution < -0.4 is 0 Å². The maximum absolute atomic E-state index is 13.9. The zero-order chi connectivity index (χ0) is 14.3. The Morgan fingerprint density at radius 2 is 1.95 bits per heavy atom. The van der Waals surface area contributed by atoms with Crippen molar-refractivity contribution in [3.63, 3.8) is 0 Å². The minimum absolute atomic E-state index is 0.260. The highest BCUT2D eigenvalue weighted by atomic mass is 35.5.